The van der Waals surface area contributed by atoms with Crippen LogP contribution in [0.1, 0.15) is 96.8 Å². The molecule has 0 unspecified atom stereocenters. The molecule has 0 radical (unpaired) electrons. The van der Waals surface area contributed by atoms with E-state index in [9.17, 15) is 4.79 Å². The van der Waals surface area contributed by atoms with Crippen molar-refractivity contribution in [3.63, 3.8) is 0 Å². The quantitative estimate of drug-likeness (QED) is 0.123. The van der Waals surface area contributed by atoms with Crippen molar-refractivity contribution >= 4 is 5.97 Å². The second kappa shape index (κ2) is 11.9. The van der Waals surface area contributed by atoms with Gasteiger partial charge in [0.15, 0.2) is 0 Å². The van der Waals surface area contributed by atoms with Gasteiger partial charge in [0.2, 0.25) is 0 Å². The van der Waals surface area contributed by atoms with Crippen LogP contribution in [0.5, 0.6) is 5.75 Å². The lowest BCUT2D eigenvalue weighted by atomic mass is 9.80. The van der Waals surface area contributed by atoms with E-state index in [1.807, 2.05) is 13.8 Å². The Balaban J connectivity index is 1.64. The zero-order valence-corrected chi connectivity index (χ0v) is 24.4. The largest absolute Gasteiger partial charge is 0.492 e. The highest BCUT2D eigenvalue weighted by molar-refractivity contribution is 5.83. The molecule has 0 saturated heterocycles. The summed E-state index contributed by atoms with van der Waals surface area (Å²) in [6.45, 7) is 14.1. The van der Waals surface area contributed by atoms with Gasteiger partial charge in [-0.05, 0) is 72.8 Å². The fraction of sp³-hybridized carbons (Fsp3) is 0.514. The number of allylic oxidation sites excluding steroid dienone is 3. The first-order valence-corrected chi connectivity index (χ1v) is 14.6. The van der Waals surface area contributed by atoms with Gasteiger partial charge in [-0.2, -0.15) is 0 Å². The maximum atomic E-state index is 11.8. The number of hydrogen-bond acceptors (Lipinski definition) is 3. The molecule has 2 aromatic carbocycles. The van der Waals surface area contributed by atoms with Crippen LogP contribution < -0.4 is 4.74 Å². The summed E-state index contributed by atoms with van der Waals surface area (Å²) in [5, 5.41) is 0. The number of rotatable bonds is 12. The number of benzene rings is 2. The topological polar surface area (TPSA) is 35.5 Å². The van der Waals surface area contributed by atoms with Crippen LogP contribution in [0.25, 0.3) is 11.1 Å². The molecule has 1 saturated carbocycles. The summed E-state index contributed by atoms with van der Waals surface area (Å²) in [6.07, 6.45) is 14.6. The summed E-state index contributed by atoms with van der Waals surface area (Å²) >= 11 is 0. The Bertz CT molecular complexity index is 1200. The van der Waals surface area contributed by atoms with Crippen molar-refractivity contribution in [2.24, 2.45) is 5.92 Å². The number of esters is 1. The van der Waals surface area contributed by atoms with E-state index in [4.69, 9.17) is 9.47 Å². The van der Waals surface area contributed by atoms with Gasteiger partial charge >= 0.3 is 5.97 Å². The molecular weight excluding hydrogens is 468 g/mol. The van der Waals surface area contributed by atoms with Crippen molar-refractivity contribution < 1.29 is 14.3 Å². The Labute approximate surface area is 230 Å². The molecule has 0 aromatic heterocycles. The SMILES string of the molecule is CCCCCCCc1ccccc1-c1cc([C@@]2(C)C[C@H]2/C=C/C(C)=C/C(=O)OCC)cc2c1OCC2(C)C. The van der Waals surface area contributed by atoms with Crippen LogP contribution in [-0.2, 0) is 26.8 Å². The van der Waals surface area contributed by atoms with Gasteiger partial charge in [-0.3, -0.25) is 0 Å². The first kappa shape index (κ1) is 28.2. The highest BCUT2D eigenvalue weighted by atomic mass is 16.5. The van der Waals surface area contributed by atoms with Crippen LogP contribution in [0, 0.1) is 5.92 Å². The maximum absolute atomic E-state index is 11.8. The van der Waals surface area contributed by atoms with Crippen LogP contribution in [0.2, 0.25) is 0 Å². The standard InChI is InChI=1S/C35H46O3/c1-7-9-10-11-12-15-26-16-13-14-17-29(26)30-21-28(22-31-33(30)38-24-34(31,4)5)35(6)23-27(35)19-18-25(3)20-32(36)37-8-2/h13-14,16-22,27H,7-12,15,23-24H2,1-6H3/b19-18+,25-20+/t27-,35+/m1/s1. The average Bonchev–Trinajstić information content (AvgIpc) is 3.46. The fourth-order valence-electron chi connectivity index (χ4n) is 5.76. The predicted molar refractivity (Wildman–Crippen MR) is 158 cm³/mol. The van der Waals surface area contributed by atoms with Gasteiger partial charge in [-0.15, -0.1) is 0 Å². The van der Waals surface area contributed by atoms with Crippen molar-refractivity contribution in [3.8, 4) is 16.9 Å². The summed E-state index contributed by atoms with van der Waals surface area (Å²) in [5.41, 5.74) is 7.72. The molecule has 4 rings (SSSR count). The van der Waals surface area contributed by atoms with E-state index in [0.29, 0.717) is 12.5 Å². The molecule has 1 aliphatic carbocycles. The Hall–Kier alpha value is -2.81. The summed E-state index contributed by atoms with van der Waals surface area (Å²) in [7, 11) is 0. The van der Waals surface area contributed by atoms with Crippen molar-refractivity contribution in [1.29, 1.82) is 0 Å². The number of unbranched alkanes of at least 4 members (excludes halogenated alkanes) is 4. The van der Waals surface area contributed by atoms with Crippen molar-refractivity contribution in [2.45, 2.75) is 97.3 Å². The second-order valence-electron chi connectivity index (χ2n) is 12.1. The van der Waals surface area contributed by atoms with E-state index in [1.165, 1.54) is 59.9 Å². The Kier molecular flexibility index (Phi) is 8.85. The molecule has 204 valence electrons. The molecule has 1 heterocycles. The average molecular weight is 515 g/mol. The summed E-state index contributed by atoms with van der Waals surface area (Å²) in [4.78, 5) is 11.8. The zero-order chi connectivity index (χ0) is 27.3. The van der Waals surface area contributed by atoms with E-state index in [0.717, 1.165) is 30.8 Å². The molecular formula is C35H46O3. The van der Waals surface area contributed by atoms with E-state index in [2.05, 4.69) is 76.2 Å². The normalized spacial score (nSPS) is 21.8. The van der Waals surface area contributed by atoms with Gasteiger partial charge in [-0.25, -0.2) is 4.79 Å². The molecule has 2 atom stereocenters. The van der Waals surface area contributed by atoms with Crippen molar-refractivity contribution in [2.75, 3.05) is 13.2 Å². The molecule has 0 spiro atoms. The molecule has 1 fully saturated rings. The number of fused-ring (bicyclic) bond motifs is 1. The summed E-state index contributed by atoms with van der Waals surface area (Å²) in [5.74, 6) is 1.24. The monoisotopic (exact) mass is 514 g/mol. The van der Waals surface area contributed by atoms with E-state index < -0.39 is 0 Å². The molecule has 2 aliphatic rings. The fourth-order valence-corrected chi connectivity index (χ4v) is 5.76. The zero-order valence-electron chi connectivity index (χ0n) is 24.4. The van der Waals surface area contributed by atoms with E-state index >= 15 is 0 Å². The van der Waals surface area contributed by atoms with Crippen molar-refractivity contribution in [3.05, 3.63) is 76.9 Å². The third kappa shape index (κ3) is 6.25. The Morgan fingerprint density at radius 2 is 1.82 bits per heavy atom. The summed E-state index contributed by atoms with van der Waals surface area (Å²) < 4.78 is 11.5. The van der Waals surface area contributed by atoms with Crippen LogP contribution in [0.3, 0.4) is 0 Å². The molecule has 38 heavy (non-hydrogen) atoms. The molecule has 3 nitrogen and oxygen atoms in total. The minimum Gasteiger partial charge on any atom is -0.492 e. The van der Waals surface area contributed by atoms with Gasteiger partial charge in [-0.1, -0.05) is 95.9 Å². The lowest BCUT2D eigenvalue weighted by molar-refractivity contribution is -0.137. The van der Waals surface area contributed by atoms with E-state index in [-0.39, 0.29) is 16.8 Å². The Morgan fingerprint density at radius 3 is 2.58 bits per heavy atom. The molecule has 0 bridgehead atoms. The molecule has 3 heteroatoms. The highest BCUT2D eigenvalue weighted by Gasteiger charge is 2.50. The number of aryl methyl sites for hydroxylation is 1. The lowest BCUT2D eigenvalue weighted by Crippen LogP contribution is -2.18. The second-order valence-corrected chi connectivity index (χ2v) is 12.1. The van der Waals surface area contributed by atoms with Crippen LogP contribution in [-0.4, -0.2) is 19.2 Å². The van der Waals surface area contributed by atoms with Crippen LogP contribution >= 0.6 is 0 Å². The van der Waals surface area contributed by atoms with Crippen molar-refractivity contribution in [1.82, 2.24) is 0 Å². The highest BCUT2D eigenvalue weighted by Crippen LogP contribution is 2.57. The summed E-state index contributed by atoms with van der Waals surface area (Å²) in [6, 6.07) is 13.7. The number of carbonyl (C=O) groups excluding carboxylic acids is 1. The Morgan fingerprint density at radius 1 is 1.05 bits per heavy atom. The minimum absolute atomic E-state index is 0.00919. The molecule has 2 aromatic rings. The first-order valence-electron chi connectivity index (χ1n) is 14.6. The van der Waals surface area contributed by atoms with E-state index in [1.54, 1.807) is 6.08 Å². The van der Waals surface area contributed by atoms with Gasteiger partial charge in [0.25, 0.3) is 0 Å². The molecule has 0 N–H and O–H groups in total. The first-order chi connectivity index (χ1) is 18.2. The van der Waals surface area contributed by atoms with Crippen LogP contribution in [0.4, 0.5) is 0 Å². The molecule has 1 aliphatic heterocycles. The number of hydrogen-bond donors (Lipinski definition) is 0. The third-order valence-electron chi connectivity index (χ3n) is 8.44. The lowest BCUT2D eigenvalue weighted by Gasteiger charge is -2.21. The molecule has 0 amide bonds. The number of ether oxygens (including phenoxy) is 2. The van der Waals surface area contributed by atoms with Crippen LogP contribution in [0.15, 0.2) is 60.2 Å². The predicted octanol–water partition coefficient (Wildman–Crippen LogP) is 8.88. The minimum atomic E-state index is -0.275. The number of carbonyl (C=O) groups is 1. The van der Waals surface area contributed by atoms with Gasteiger partial charge in [0.05, 0.1) is 13.2 Å². The van der Waals surface area contributed by atoms with Gasteiger partial charge in [0.1, 0.15) is 5.75 Å². The van der Waals surface area contributed by atoms with Gasteiger partial charge in [0, 0.05) is 22.6 Å². The van der Waals surface area contributed by atoms with Gasteiger partial charge < -0.3 is 9.47 Å². The third-order valence-corrected chi connectivity index (χ3v) is 8.44. The smallest absolute Gasteiger partial charge is 0.330 e. The maximum Gasteiger partial charge on any atom is 0.330 e.